The molecule has 2 aliphatic heterocycles. The zero-order valence-corrected chi connectivity index (χ0v) is 31.7. The molecule has 1 fully saturated rings. The molecule has 1 aromatic rings. The number of Topliss-reactive ketones (excluding diaryl/α,β-unsaturated/α-hetero) is 1. The third kappa shape index (κ3) is 17.4. The first-order valence-electron chi connectivity index (χ1n) is 18.6. The van der Waals surface area contributed by atoms with Crippen LogP contribution in [0.5, 0.6) is 0 Å². The Labute approximate surface area is 329 Å². The number of carboxylic acids is 4. The van der Waals surface area contributed by atoms with Crippen LogP contribution in [0, 0.1) is 5.92 Å². The average Bonchev–Trinajstić information content (AvgIpc) is 3.47. The summed E-state index contributed by atoms with van der Waals surface area (Å²) in [4.78, 5) is 116. The molecule has 1 saturated heterocycles. The Balaban J connectivity index is 1.51. The van der Waals surface area contributed by atoms with E-state index in [-0.39, 0.29) is 116 Å². The standard InChI is InChI=1S/C37H51N7O13/c45-29(19-28(37(56)57)5-1-2-9-44-31(47)7-8-32(44)48)21-39-36(55)27-6-3-4-26(18-27)20-38-30(46)22-40-10-12-41(23-33(49)50)14-16-43(25-35(53)54)17-15-42(13-11-40)24-34(51)52/h3-4,6-8,18,28H,1-2,5,9-17,19-25H2,(H,38,46)(H,39,55)(H,49,50)(H,51,52)(H,53,54)(H,56,57)/t28-/m1/s1. The van der Waals surface area contributed by atoms with E-state index in [1.54, 1.807) is 31.7 Å². The number of ketones is 1. The first-order valence-corrected chi connectivity index (χ1v) is 18.6. The summed E-state index contributed by atoms with van der Waals surface area (Å²) < 4.78 is 0. The summed E-state index contributed by atoms with van der Waals surface area (Å²) in [5, 5.41) is 43.1. The smallest absolute Gasteiger partial charge is 0.317 e. The van der Waals surface area contributed by atoms with E-state index in [1.165, 1.54) is 24.3 Å². The van der Waals surface area contributed by atoms with E-state index >= 15 is 0 Å². The SMILES string of the molecule is O=C(O)CN1CCN(CC(=O)O)CCN(CC(=O)NCc2cccc(C(=O)NCC(=O)C[C@@H](CCCCN3C(=O)C=CC3=O)C(=O)O)c2)CCN(CC(=O)O)CC1. The van der Waals surface area contributed by atoms with E-state index in [4.69, 9.17) is 0 Å². The zero-order chi connectivity index (χ0) is 41.9. The number of aliphatic carboxylic acids is 4. The minimum atomic E-state index is -1.17. The van der Waals surface area contributed by atoms with E-state index in [0.717, 1.165) is 4.90 Å². The molecule has 1 aromatic carbocycles. The third-order valence-corrected chi connectivity index (χ3v) is 9.41. The Kier molecular flexibility index (Phi) is 18.9. The van der Waals surface area contributed by atoms with Crippen molar-refractivity contribution in [3.8, 4) is 0 Å². The van der Waals surface area contributed by atoms with Crippen molar-refractivity contribution >= 4 is 53.3 Å². The first-order chi connectivity index (χ1) is 27.1. The summed E-state index contributed by atoms with van der Waals surface area (Å²) >= 11 is 0. The van der Waals surface area contributed by atoms with Gasteiger partial charge in [-0.15, -0.1) is 0 Å². The summed E-state index contributed by atoms with van der Waals surface area (Å²) in [6.45, 7) is 0.823. The molecule has 0 aromatic heterocycles. The number of amides is 4. The number of hydrogen-bond donors (Lipinski definition) is 6. The average molecular weight is 802 g/mol. The van der Waals surface area contributed by atoms with Crippen molar-refractivity contribution in [2.45, 2.75) is 32.2 Å². The second-order valence-corrected chi connectivity index (χ2v) is 13.9. The number of imide groups is 1. The maximum Gasteiger partial charge on any atom is 0.317 e. The van der Waals surface area contributed by atoms with E-state index < -0.39 is 59.8 Å². The highest BCUT2D eigenvalue weighted by atomic mass is 16.4. The molecule has 0 aliphatic carbocycles. The van der Waals surface area contributed by atoms with Crippen molar-refractivity contribution in [2.75, 3.05) is 91.6 Å². The normalized spacial score (nSPS) is 17.0. The Morgan fingerprint density at radius 1 is 0.649 bits per heavy atom. The van der Waals surface area contributed by atoms with Crippen LogP contribution in [0.1, 0.15) is 41.6 Å². The number of nitrogens with one attached hydrogen (secondary N) is 2. The van der Waals surface area contributed by atoms with Gasteiger partial charge in [-0.25, -0.2) is 0 Å². The lowest BCUT2D eigenvalue weighted by molar-refractivity contribution is -0.144. The predicted octanol–water partition coefficient (Wildman–Crippen LogP) is -1.74. The fourth-order valence-corrected chi connectivity index (χ4v) is 6.32. The summed E-state index contributed by atoms with van der Waals surface area (Å²) in [7, 11) is 0. The number of carbonyl (C=O) groups is 9. The van der Waals surface area contributed by atoms with Crippen molar-refractivity contribution < 1.29 is 63.6 Å². The van der Waals surface area contributed by atoms with Gasteiger partial charge >= 0.3 is 23.9 Å². The number of hydrogen-bond acceptors (Lipinski definition) is 13. The number of carboxylic acid groups (broad SMARTS) is 4. The highest BCUT2D eigenvalue weighted by Gasteiger charge is 2.25. The minimum Gasteiger partial charge on any atom is -0.481 e. The molecule has 0 spiro atoms. The molecule has 2 heterocycles. The first kappa shape index (κ1) is 45.8. The molecule has 1 atom stereocenters. The monoisotopic (exact) mass is 801 g/mol. The molecule has 0 saturated carbocycles. The minimum absolute atomic E-state index is 0.0410. The topological polar surface area (TPSA) is 275 Å². The van der Waals surface area contributed by atoms with Gasteiger partial charge in [0.25, 0.3) is 17.7 Å². The van der Waals surface area contributed by atoms with Gasteiger partial charge in [-0.05, 0) is 30.5 Å². The van der Waals surface area contributed by atoms with E-state index in [9.17, 15) is 63.6 Å². The molecule has 57 heavy (non-hydrogen) atoms. The summed E-state index contributed by atoms with van der Waals surface area (Å²) in [6, 6.07) is 6.33. The predicted molar refractivity (Wildman–Crippen MR) is 200 cm³/mol. The van der Waals surface area contributed by atoms with Crippen molar-refractivity contribution in [2.24, 2.45) is 5.92 Å². The summed E-state index contributed by atoms with van der Waals surface area (Å²) in [5.41, 5.74) is 0.771. The van der Waals surface area contributed by atoms with Crippen molar-refractivity contribution in [3.05, 3.63) is 47.5 Å². The Hall–Kier alpha value is -5.57. The maximum absolute atomic E-state index is 13.1. The van der Waals surface area contributed by atoms with Crippen LogP contribution in [0.4, 0.5) is 0 Å². The van der Waals surface area contributed by atoms with Crippen LogP contribution in [-0.4, -0.2) is 190 Å². The van der Waals surface area contributed by atoms with E-state index in [2.05, 4.69) is 10.6 Å². The van der Waals surface area contributed by atoms with Crippen molar-refractivity contribution in [3.63, 3.8) is 0 Å². The Bertz CT molecular complexity index is 1620. The van der Waals surface area contributed by atoms with Crippen molar-refractivity contribution in [1.82, 2.24) is 35.1 Å². The number of unbranched alkanes of at least 4 members (excludes halogenated alkanes) is 1. The van der Waals surface area contributed by atoms with Crippen LogP contribution < -0.4 is 10.6 Å². The fourth-order valence-electron chi connectivity index (χ4n) is 6.32. The quantitative estimate of drug-likeness (QED) is 0.0595. The maximum atomic E-state index is 13.1. The molecule has 0 bridgehead atoms. The van der Waals surface area contributed by atoms with Gasteiger partial charge in [0, 0.05) is 89.6 Å². The van der Waals surface area contributed by atoms with Gasteiger partial charge in [0.15, 0.2) is 5.78 Å². The Morgan fingerprint density at radius 3 is 1.61 bits per heavy atom. The molecule has 4 amide bonds. The summed E-state index contributed by atoms with van der Waals surface area (Å²) in [6.07, 6.45) is 2.90. The number of benzene rings is 1. The van der Waals surface area contributed by atoms with Gasteiger partial charge in [-0.3, -0.25) is 67.7 Å². The molecule has 3 rings (SSSR count). The van der Waals surface area contributed by atoms with Crippen LogP contribution in [0.15, 0.2) is 36.4 Å². The fraction of sp³-hybridized carbons (Fsp3) is 0.541. The number of carbonyl (C=O) groups excluding carboxylic acids is 5. The van der Waals surface area contributed by atoms with Gasteiger partial charge < -0.3 is 31.1 Å². The summed E-state index contributed by atoms with van der Waals surface area (Å²) in [5.74, 6) is -7.67. The molecule has 0 unspecified atom stereocenters. The van der Waals surface area contributed by atoms with Crippen LogP contribution in [0.25, 0.3) is 0 Å². The lowest BCUT2D eigenvalue weighted by atomic mass is 9.96. The van der Waals surface area contributed by atoms with E-state index in [0.29, 0.717) is 18.4 Å². The highest BCUT2D eigenvalue weighted by Crippen LogP contribution is 2.16. The van der Waals surface area contributed by atoms with Crippen LogP contribution in [-0.2, 0) is 44.9 Å². The second kappa shape index (κ2) is 23.5. The lowest BCUT2D eigenvalue weighted by Gasteiger charge is -2.32. The van der Waals surface area contributed by atoms with Gasteiger partial charge in [0.05, 0.1) is 38.6 Å². The molecule has 312 valence electrons. The van der Waals surface area contributed by atoms with E-state index in [1.807, 2.05) is 0 Å². The third-order valence-electron chi connectivity index (χ3n) is 9.41. The molecule has 2 aliphatic rings. The lowest BCUT2D eigenvalue weighted by Crippen LogP contribution is -2.49. The van der Waals surface area contributed by atoms with Crippen LogP contribution in [0.2, 0.25) is 0 Å². The Morgan fingerprint density at radius 2 is 1.14 bits per heavy atom. The van der Waals surface area contributed by atoms with Gasteiger partial charge in [0.2, 0.25) is 5.91 Å². The van der Waals surface area contributed by atoms with Crippen LogP contribution in [0.3, 0.4) is 0 Å². The molecular formula is C37H51N7O13. The number of rotatable bonds is 21. The molecule has 6 N–H and O–H groups in total. The highest BCUT2D eigenvalue weighted by molar-refractivity contribution is 6.12. The molecular weight excluding hydrogens is 750 g/mol. The largest absolute Gasteiger partial charge is 0.481 e. The van der Waals surface area contributed by atoms with Gasteiger partial charge in [-0.2, -0.15) is 0 Å². The van der Waals surface area contributed by atoms with Crippen LogP contribution >= 0.6 is 0 Å². The second-order valence-electron chi connectivity index (χ2n) is 13.9. The zero-order valence-electron chi connectivity index (χ0n) is 31.7. The van der Waals surface area contributed by atoms with Gasteiger partial charge in [-0.1, -0.05) is 18.6 Å². The molecule has 0 radical (unpaired) electrons. The van der Waals surface area contributed by atoms with Gasteiger partial charge in [0.1, 0.15) is 0 Å². The molecule has 20 nitrogen and oxygen atoms in total. The number of nitrogens with zero attached hydrogens (tertiary/aromatic N) is 5. The molecule has 20 heteroatoms. The van der Waals surface area contributed by atoms with Crippen molar-refractivity contribution in [1.29, 1.82) is 0 Å².